The number of hydrogen-bond donors (Lipinski definition) is 0. The van der Waals surface area contributed by atoms with Crippen LogP contribution in [0.15, 0.2) is 58.5 Å². The van der Waals surface area contributed by atoms with Crippen molar-refractivity contribution in [2.75, 3.05) is 6.26 Å². The maximum atomic E-state index is 14.5. The van der Waals surface area contributed by atoms with Gasteiger partial charge in [-0.25, -0.2) is 18.7 Å². The Labute approximate surface area is 178 Å². The van der Waals surface area contributed by atoms with E-state index in [0.717, 1.165) is 12.1 Å². The fourth-order valence-electron chi connectivity index (χ4n) is 2.99. The summed E-state index contributed by atoms with van der Waals surface area (Å²) in [7, 11) is 0. The fraction of sp³-hybridized carbons (Fsp3) is 0.0500. The first kappa shape index (κ1) is 19.8. The van der Waals surface area contributed by atoms with E-state index in [4.69, 9.17) is 23.2 Å². The molecule has 0 fully saturated rings. The third-order valence-corrected chi connectivity index (χ3v) is 5.42. The van der Waals surface area contributed by atoms with E-state index in [0.29, 0.717) is 10.5 Å². The van der Waals surface area contributed by atoms with Crippen LogP contribution in [0.3, 0.4) is 0 Å². The van der Waals surface area contributed by atoms with Gasteiger partial charge in [-0.05, 0) is 36.6 Å². The number of halogens is 4. The number of aromatic nitrogens is 3. The number of thioether (sulfide) groups is 1. The molecule has 0 radical (unpaired) electrons. The van der Waals surface area contributed by atoms with E-state index >= 15 is 0 Å². The largest absolute Gasteiger partial charge is 0.269 e. The first-order chi connectivity index (χ1) is 13.9. The van der Waals surface area contributed by atoms with Gasteiger partial charge in [-0.15, -0.1) is 0 Å². The molecule has 0 bridgehead atoms. The lowest BCUT2D eigenvalue weighted by atomic mass is 10.1. The Balaban J connectivity index is 2.16. The summed E-state index contributed by atoms with van der Waals surface area (Å²) in [5.74, 6) is -1.47. The average Bonchev–Trinajstić information content (AvgIpc) is 2.68. The zero-order valence-electron chi connectivity index (χ0n) is 14.8. The number of benzene rings is 2. The summed E-state index contributed by atoms with van der Waals surface area (Å²) in [6.07, 6.45) is 1.75. The molecule has 29 heavy (non-hydrogen) atoms. The van der Waals surface area contributed by atoms with E-state index in [2.05, 4.69) is 9.97 Å². The van der Waals surface area contributed by atoms with Crippen LogP contribution in [0.25, 0.3) is 28.0 Å². The van der Waals surface area contributed by atoms with E-state index in [9.17, 15) is 13.6 Å². The third kappa shape index (κ3) is 3.50. The molecule has 2 aromatic heterocycles. The predicted molar refractivity (Wildman–Crippen MR) is 112 cm³/mol. The van der Waals surface area contributed by atoms with Gasteiger partial charge in [-0.3, -0.25) is 9.36 Å². The molecule has 0 saturated carbocycles. The summed E-state index contributed by atoms with van der Waals surface area (Å²) in [5.41, 5.74) is 0.385. The van der Waals surface area contributed by atoms with Gasteiger partial charge in [0.1, 0.15) is 11.6 Å². The molecule has 9 heteroatoms. The van der Waals surface area contributed by atoms with Crippen molar-refractivity contribution in [3.05, 3.63) is 80.6 Å². The lowest BCUT2D eigenvalue weighted by Crippen LogP contribution is -2.19. The summed E-state index contributed by atoms with van der Waals surface area (Å²) in [6.45, 7) is 0. The molecular formula is C20H11Cl2F2N3OS. The number of pyridine rings is 1. The van der Waals surface area contributed by atoms with Crippen LogP contribution in [0.4, 0.5) is 8.78 Å². The summed E-state index contributed by atoms with van der Waals surface area (Å²) in [4.78, 5) is 21.6. The Morgan fingerprint density at radius 3 is 2.38 bits per heavy atom. The van der Waals surface area contributed by atoms with E-state index in [-0.39, 0.29) is 32.6 Å². The molecular weight excluding hydrogens is 439 g/mol. The molecule has 0 N–H and O–H groups in total. The standard InChI is InChI=1S/C20H11Cl2F2N3OS/c1-29-20-25-17(11-6-5-10(23)9-15(11)24)12-7-8-16(28)27(19(12)26-20)18-13(21)3-2-4-14(18)22/h2-9H,1H3. The zero-order valence-corrected chi connectivity index (χ0v) is 17.1. The quantitative estimate of drug-likeness (QED) is 0.295. The molecule has 4 rings (SSSR count). The molecule has 4 nitrogen and oxygen atoms in total. The van der Waals surface area contributed by atoms with Crippen LogP contribution in [0.5, 0.6) is 0 Å². The Bertz CT molecular complexity index is 1310. The highest BCUT2D eigenvalue weighted by Gasteiger charge is 2.19. The van der Waals surface area contributed by atoms with Gasteiger partial charge in [0.05, 0.1) is 21.4 Å². The minimum Gasteiger partial charge on any atom is -0.269 e. The topological polar surface area (TPSA) is 47.8 Å². The highest BCUT2D eigenvalue weighted by Crippen LogP contribution is 2.33. The molecule has 146 valence electrons. The molecule has 0 aliphatic rings. The van der Waals surface area contributed by atoms with Crippen LogP contribution < -0.4 is 5.56 Å². The molecule has 0 unspecified atom stereocenters. The SMILES string of the molecule is CSc1nc(-c2ccc(F)cc2F)c2ccc(=O)n(-c3c(Cl)cccc3Cl)c2n1. The minimum atomic E-state index is -0.773. The molecule has 0 aliphatic heterocycles. The number of nitrogens with zero attached hydrogens (tertiary/aromatic N) is 3. The summed E-state index contributed by atoms with van der Waals surface area (Å²) < 4.78 is 29.2. The maximum absolute atomic E-state index is 14.5. The second kappa shape index (κ2) is 7.74. The van der Waals surface area contributed by atoms with E-state index in [1.54, 1.807) is 24.5 Å². The molecule has 2 aromatic carbocycles. The van der Waals surface area contributed by atoms with Crippen molar-refractivity contribution >= 4 is 46.0 Å². The van der Waals surface area contributed by atoms with Gasteiger partial charge in [0.25, 0.3) is 5.56 Å². The van der Waals surface area contributed by atoms with Crippen LogP contribution in [0.2, 0.25) is 10.0 Å². The third-order valence-electron chi connectivity index (χ3n) is 4.26. The number of rotatable bonds is 3. The Morgan fingerprint density at radius 1 is 1.00 bits per heavy atom. The summed E-state index contributed by atoms with van der Waals surface area (Å²) in [5, 5.41) is 1.21. The van der Waals surface area contributed by atoms with E-state index in [1.165, 1.54) is 34.5 Å². The summed E-state index contributed by atoms with van der Waals surface area (Å²) >= 11 is 13.8. The van der Waals surface area contributed by atoms with Crippen LogP contribution in [-0.2, 0) is 0 Å². The Kier molecular flexibility index (Phi) is 5.29. The summed E-state index contributed by atoms with van der Waals surface area (Å²) in [6, 6.07) is 10.9. The van der Waals surface area contributed by atoms with Crippen molar-refractivity contribution in [2.45, 2.75) is 5.16 Å². The molecule has 4 aromatic rings. The van der Waals surface area contributed by atoms with Crippen molar-refractivity contribution in [2.24, 2.45) is 0 Å². The van der Waals surface area contributed by atoms with Crippen molar-refractivity contribution in [1.29, 1.82) is 0 Å². The smallest absolute Gasteiger partial charge is 0.256 e. The molecule has 0 spiro atoms. The van der Waals surface area contributed by atoms with Crippen molar-refractivity contribution in [1.82, 2.24) is 14.5 Å². The molecule has 2 heterocycles. The zero-order chi connectivity index (χ0) is 20.7. The normalized spacial score (nSPS) is 11.2. The fourth-order valence-corrected chi connectivity index (χ4v) is 3.92. The van der Waals surface area contributed by atoms with Gasteiger partial charge in [-0.2, -0.15) is 0 Å². The maximum Gasteiger partial charge on any atom is 0.256 e. The lowest BCUT2D eigenvalue weighted by Gasteiger charge is -2.15. The highest BCUT2D eigenvalue weighted by atomic mass is 35.5. The molecule has 0 atom stereocenters. The first-order valence-corrected chi connectivity index (χ1v) is 10.3. The van der Waals surface area contributed by atoms with Crippen molar-refractivity contribution in [3.63, 3.8) is 0 Å². The van der Waals surface area contributed by atoms with Crippen molar-refractivity contribution < 1.29 is 8.78 Å². The minimum absolute atomic E-state index is 0.0876. The second-order valence-corrected chi connectivity index (χ2v) is 7.59. The van der Waals surface area contributed by atoms with Gasteiger partial charge in [0.2, 0.25) is 0 Å². The molecule has 0 amide bonds. The van der Waals surface area contributed by atoms with Gasteiger partial charge < -0.3 is 0 Å². The number of para-hydroxylation sites is 1. The predicted octanol–water partition coefficient (Wildman–Crippen LogP) is 5.75. The first-order valence-electron chi connectivity index (χ1n) is 8.28. The van der Waals surface area contributed by atoms with E-state index < -0.39 is 17.2 Å². The van der Waals surface area contributed by atoms with Gasteiger partial charge in [0, 0.05) is 23.1 Å². The lowest BCUT2D eigenvalue weighted by molar-refractivity contribution is 0.585. The number of hydrogen-bond acceptors (Lipinski definition) is 4. The number of fused-ring (bicyclic) bond motifs is 1. The van der Waals surface area contributed by atoms with E-state index in [1.807, 2.05) is 0 Å². The van der Waals surface area contributed by atoms with Gasteiger partial charge >= 0.3 is 0 Å². The molecule has 0 saturated heterocycles. The molecule has 0 aliphatic carbocycles. The average molecular weight is 450 g/mol. The Morgan fingerprint density at radius 2 is 1.72 bits per heavy atom. The van der Waals surface area contributed by atoms with Gasteiger partial charge in [-0.1, -0.05) is 41.0 Å². The van der Waals surface area contributed by atoms with Gasteiger partial charge in [0.15, 0.2) is 10.8 Å². The highest BCUT2D eigenvalue weighted by molar-refractivity contribution is 7.98. The Hall–Kier alpha value is -2.48. The van der Waals surface area contributed by atoms with Crippen LogP contribution in [0.1, 0.15) is 0 Å². The second-order valence-electron chi connectivity index (χ2n) is 6.00. The van der Waals surface area contributed by atoms with Crippen molar-refractivity contribution in [3.8, 4) is 16.9 Å². The monoisotopic (exact) mass is 449 g/mol. The van der Waals surface area contributed by atoms with Crippen LogP contribution in [0, 0.1) is 11.6 Å². The van der Waals surface area contributed by atoms with Crippen LogP contribution in [-0.4, -0.2) is 20.8 Å². The van der Waals surface area contributed by atoms with Crippen LogP contribution >= 0.6 is 35.0 Å².